The molecule has 0 bridgehead atoms. The lowest BCUT2D eigenvalue weighted by Gasteiger charge is -2.36. The highest BCUT2D eigenvalue weighted by molar-refractivity contribution is 8.00. The minimum absolute atomic E-state index is 0.0692. The highest BCUT2D eigenvalue weighted by atomic mass is 32.2. The van der Waals surface area contributed by atoms with Gasteiger partial charge >= 0.3 is 0 Å². The smallest absolute Gasteiger partial charge is 0.242 e. The van der Waals surface area contributed by atoms with Crippen LogP contribution in [0, 0.1) is 6.92 Å². The Morgan fingerprint density at radius 1 is 1.23 bits per heavy atom. The van der Waals surface area contributed by atoms with Crippen molar-refractivity contribution in [2.45, 2.75) is 6.92 Å². The molecule has 2 saturated heterocycles. The zero-order valence-corrected chi connectivity index (χ0v) is 13.6. The van der Waals surface area contributed by atoms with Gasteiger partial charge in [-0.3, -0.25) is 9.59 Å². The van der Waals surface area contributed by atoms with E-state index in [-0.39, 0.29) is 18.4 Å². The summed E-state index contributed by atoms with van der Waals surface area (Å²) >= 11 is 1.58. The van der Waals surface area contributed by atoms with Gasteiger partial charge in [0, 0.05) is 31.9 Å². The Balaban J connectivity index is 1.53. The molecule has 22 heavy (non-hydrogen) atoms. The van der Waals surface area contributed by atoms with Gasteiger partial charge in [-0.2, -0.15) is 0 Å². The van der Waals surface area contributed by atoms with Crippen LogP contribution in [0.25, 0.3) is 0 Å². The maximum absolute atomic E-state index is 12.3. The first-order chi connectivity index (χ1) is 10.6. The molecule has 2 fully saturated rings. The van der Waals surface area contributed by atoms with Crippen molar-refractivity contribution in [1.82, 2.24) is 9.80 Å². The van der Waals surface area contributed by atoms with Crippen molar-refractivity contribution in [2.75, 3.05) is 49.3 Å². The minimum Gasteiger partial charge on any atom is -0.368 e. The average Bonchev–Trinajstić information content (AvgIpc) is 2.92. The number of carbonyl (C=O) groups excluding carboxylic acids is 2. The molecular formula is C16H21N3O2S. The SMILES string of the molecule is Cc1cccc(N2CCN(C(=O)CN3CSCC3=O)CC2)c1. The maximum atomic E-state index is 12.3. The number of hydrogen-bond acceptors (Lipinski definition) is 4. The van der Waals surface area contributed by atoms with Crippen molar-refractivity contribution < 1.29 is 9.59 Å². The summed E-state index contributed by atoms with van der Waals surface area (Å²) in [5.74, 6) is 1.30. The summed E-state index contributed by atoms with van der Waals surface area (Å²) in [7, 11) is 0. The Hall–Kier alpha value is -1.69. The summed E-state index contributed by atoms with van der Waals surface area (Å²) in [6.45, 7) is 5.46. The van der Waals surface area contributed by atoms with E-state index in [2.05, 4.69) is 36.1 Å². The number of aryl methyl sites for hydroxylation is 1. The average molecular weight is 319 g/mol. The van der Waals surface area contributed by atoms with E-state index in [0.717, 1.165) is 26.2 Å². The minimum atomic E-state index is 0.0692. The van der Waals surface area contributed by atoms with E-state index in [1.54, 1.807) is 16.7 Å². The summed E-state index contributed by atoms with van der Waals surface area (Å²) in [5, 5.41) is 0. The van der Waals surface area contributed by atoms with E-state index in [1.807, 2.05) is 4.90 Å². The van der Waals surface area contributed by atoms with Crippen LogP contribution in [0.4, 0.5) is 5.69 Å². The van der Waals surface area contributed by atoms with Crippen LogP contribution in [0.5, 0.6) is 0 Å². The molecule has 0 atom stereocenters. The van der Waals surface area contributed by atoms with E-state index >= 15 is 0 Å². The molecule has 3 rings (SSSR count). The fourth-order valence-electron chi connectivity index (χ4n) is 2.84. The van der Waals surface area contributed by atoms with Gasteiger partial charge in [0.05, 0.1) is 11.6 Å². The van der Waals surface area contributed by atoms with E-state index in [4.69, 9.17) is 0 Å². The molecule has 2 aliphatic heterocycles. The Morgan fingerprint density at radius 2 is 2.00 bits per heavy atom. The molecule has 5 nitrogen and oxygen atoms in total. The third-order valence-corrected chi connectivity index (χ3v) is 5.10. The van der Waals surface area contributed by atoms with E-state index in [0.29, 0.717) is 11.6 Å². The molecule has 0 N–H and O–H groups in total. The predicted molar refractivity (Wildman–Crippen MR) is 89.0 cm³/mol. The lowest BCUT2D eigenvalue weighted by Crippen LogP contribution is -2.51. The van der Waals surface area contributed by atoms with Crippen LogP contribution >= 0.6 is 11.8 Å². The monoisotopic (exact) mass is 319 g/mol. The molecule has 1 aromatic carbocycles. The number of benzene rings is 1. The van der Waals surface area contributed by atoms with Gasteiger partial charge in [0.2, 0.25) is 11.8 Å². The Kier molecular flexibility index (Phi) is 4.57. The van der Waals surface area contributed by atoms with Crippen LogP contribution < -0.4 is 4.90 Å². The van der Waals surface area contributed by atoms with Crippen molar-refractivity contribution in [3.8, 4) is 0 Å². The topological polar surface area (TPSA) is 43.9 Å². The fourth-order valence-corrected chi connectivity index (χ4v) is 3.75. The number of piperazine rings is 1. The molecule has 6 heteroatoms. The van der Waals surface area contributed by atoms with E-state index < -0.39 is 0 Å². The molecule has 0 saturated carbocycles. The second-order valence-electron chi connectivity index (χ2n) is 5.78. The summed E-state index contributed by atoms with van der Waals surface area (Å²) in [4.78, 5) is 29.7. The number of rotatable bonds is 3. The standard InChI is InChI=1S/C16H21N3O2S/c1-13-3-2-4-14(9-13)17-5-7-18(8-6-17)15(20)10-19-12-22-11-16(19)21/h2-4,9H,5-8,10-12H2,1H3. The molecule has 2 aliphatic rings. The normalized spacial score (nSPS) is 19.0. The zero-order chi connectivity index (χ0) is 15.5. The first-order valence-electron chi connectivity index (χ1n) is 7.58. The summed E-state index contributed by atoms with van der Waals surface area (Å²) in [6, 6.07) is 8.45. The van der Waals surface area contributed by atoms with Crippen molar-refractivity contribution in [3.63, 3.8) is 0 Å². The fraction of sp³-hybridized carbons (Fsp3) is 0.500. The number of thioether (sulfide) groups is 1. The molecule has 2 amide bonds. The van der Waals surface area contributed by atoms with Gasteiger partial charge < -0.3 is 14.7 Å². The van der Waals surface area contributed by atoms with Crippen molar-refractivity contribution in [1.29, 1.82) is 0 Å². The number of carbonyl (C=O) groups is 2. The molecule has 0 spiro atoms. The molecule has 0 aromatic heterocycles. The lowest BCUT2D eigenvalue weighted by atomic mass is 10.2. The van der Waals surface area contributed by atoms with E-state index in [1.165, 1.54) is 11.3 Å². The third-order valence-electron chi connectivity index (χ3n) is 4.15. The molecule has 0 radical (unpaired) electrons. The molecule has 0 unspecified atom stereocenters. The number of hydrogen-bond donors (Lipinski definition) is 0. The highest BCUT2D eigenvalue weighted by Gasteiger charge is 2.27. The van der Waals surface area contributed by atoms with Gasteiger partial charge in [-0.15, -0.1) is 11.8 Å². The first-order valence-corrected chi connectivity index (χ1v) is 8.74. The van der Waals surface area contributed by atoms with Crippen LogP contribution in [-0.4, -0.2) is 66.0 Å². The molecule has 0 aliphatic carbocycles. The van der Waals surface area contributed by atoms with Crippen LogP contribution in [0.1, 0.15) is 5.56 Å². The Labute approximate surface area is 135 Å². The largest absolute Gasteiger partial charge is 0.368 e. The van der Waals surface area contributed by atoms with Crippen LogP contribution in [0.15, 0.2) is 24.3 Å². The van der Waals surface area contributed by atoms with Crippen molar-refractivity contribution in [2.24, 2.45) is 0 Å². The van der Waals surface area contributed by atoms with Crippen molar-refractivity contribution >= 4 is 29.3 Å². The van der Waals surface area contributed by atoms with Gasteiger partial charge in [-0.05, 0) is 24.6 Å². The molecule has 2 heterocycles. The van der Waals surface area contributed by atoms with Crippen LogP contribution in [0.3, 0.4) is 0 Å². The highest BCUT2D eigenvalue weighted by Crippen LogP contribution is 2.19. The van der Waals surface area contributed by atoms with Crippen LogP contribution in [0.2, 0.25) is 0 Å². The summed E-state index contributed by atoms with van der Waals surface area (Å²) in [5.41, 5.74) is 2.47. The van der Waals surface area contributed by atoms with Gasteiger partial charge in [-0.25, -0.2) is 0 Å². The molecular weight excluding hydrogens is 298 g/mol. The number of nitrogens with zero attached hydrogens (tertiary/aromatic N) is 3. The zero-order valence-electron chi connectivity index (χ0n) is 12.8. The van der Waals surface area contributed by atoms with E-state index in [9.17, 15) is 9.59 Å². The number of amides is 2. The second kappa shape index (κ2) is 6.60. The third kappa shape index (κ3) is 3.38. The molecule has 118 valence electrons. The lowest BCUT2D eigenvalue weighted by molar-refractivity contribution is -0.138. The summed E-state index contributed by atoms with van der Waals surface area (Å²) in [6.07, 6.45) is 0. The maximum Gasteiger partial charge on any atom is 0.242 e. The van der Waals surface area contributed by atoms with Crippen molar-refractivity contribution in [3.05, 3.63) is 29.8 Å². The van der Waals surface area contributed by atoms with Gasteiger partial charge in [0.25, 0.3) is 0 Å². The Morgan fingerprint density at radius 3 is 2.64 bits per heavy atom. The molecule has 1 aromatic rings. The van der Waals surface area contributed by atoms with Gasteiger partial charge in [0.1, 0.15) is 6.54 Å². The van der Waals surface area contributed by atoms with Crippen LogP contribution in [-0.2, 0) is 9.59 Å². The number of anilines is 1. The summed E-state index contributed by atoms with van der Waals surface area (Å²) < 4.78 is 0. The van der Waals surface area contributed by atoms with Gasteiger partial charge in [0.15, 0.2) is 0 Å². The van der Waals surface area contributed by atoms with Gasteiger partial charge in [-0.1, -0.05) is 12.1 Å². The second-order valence-corrected chi connectivity index (χ2v) is 6.73. The Bertz CT molecular complexity index is 570. The first kappa shape index (κ1) is 15.2. The predicted octanol–water partition coefficient (Wildman–Crippen LogP) is 1.18. The quantitative estimate of drug-likeness (QED) is 0.839.